The van der Waals surface area contributed by atoms with Crippen LogP contribution in [0.4, 0.5) is 0 Å². The van der Waals surface area contributed by atoms with E-state index in [1.54, 1.807) is 0 Å². The molecule has 0 saturated carbocycles. The van der Waals surface area contributed by atoms with Crippen molar-refractivity contribution in [1.29, 1.82) is 0 Å². The van der Waals surface area contributed by atoms with Gasteiger partial charge < -0.3 is 0 Å². The molecule has 1 unspecified atom stereocenters. The second-order valence-electron chi connectivity index (χ2n) is 3.39. The van der Waals surface area contributed by atoms with Crippen LogP contribution in [0.2, 0.25) is 0 Å². The highest BCUT2D eigenvalue weighted by Gasteiger charge is 2.37. The molecule has 0 saturated heterocycles. The summed E-state index contributed by atoms with van der Waals surface area (Å²) in [7, 11) is 3.15. The molecule has 1 atom stereocenters. The average molecular weight is 250 g/mol. The molecular formula is C12H11PS2+2. The number of fused-ring (bicyclic) bond motifs is 2. The van der Waals surface area contributed by atoms with Crippen molar-refractivity contribution < 1.29 is 0 Å². The Kier molecular flexibility index (Phi) is 2.51. The van der Waals surface area contributed by atoms with E-state index >= 15 is 0 Å². The monoisotopic (exact) mass is 250 g/mol. The van der Waals surface area contributed by atoms with E-state index in [-0.39, 0.29) is 10.5 Å². The van der Waals surface area contributed by atoms with Crippen molar-refractivity contribution >= 4 is 30.7 Å². The summed E-state index contributed by atoms with van der Waals surface area (Å²) in [5.74, 6) is 0. The molecule has 1 heterocycles. The van der Waals surface area contributed by atoms with Gasteiger partial charge in [-0.05, 0) is 24.3 Å². The van der Waals surface area contributed by atoms with E-state index in [4.69, 9.17) is 0 Å². The summed E-state index contributed by atoms with van der Waals surface area (Å²) in [6, 6.07) is 17.5. The van der Waals surface area contributed by atoms with Crippen LogP contribution in [-0.2, 0) is 22.3 Å². The highest BCUT2D eigenvalue weighted by atomic mass is 32.7. The van der Waals surface area contributed by atoms with Crippen LogP contribution < -0.4 is 0 Å². The smallest absolute Gasteiger partial charge is 0.0569 e. The van der Waals surface area contributed by atoms with Gasteiger partial charge in [-0.3, -0.25) is 0 Å². The van der Waals surface area contributed by atoms with Gasteiger partial charge in [0, 0.05) is 0 Å². The quantitative estimate of drug-likeness (QED) is 0.383. The van der Waals surface area contributed by atoms with Gasteiger partial charge in [-0.2, -0.15) is 0 Å². The average Bonchev–Trinajstić information content (AvgIpc) is 2.30. The predicted octanol–water partition coefficient (Wildman–Crippen LogP) is 3.06. The zero-order chi connectivity index (χ0) is 10.3. The van der Waals surface area contributed by atoms with Crippen molar-refractivity contribution in [1.82, 2.24) is 0 Å². The number of hydrogen-bond acceptors (Lipinski definition) is 0. The van der Waals surface area contributed by atoms with E-state index in [1.165, 1.54) is 31.3 Å². The fourth-order valence-electron chi connectivity index (χ4n) is 1.72. The minimum Gasteiger partial charge on any atom is -0.0569 e. The van der Waals surface area contributed by atoms with Crippen molar-refractivity contribution in [2.75, 3.05) is 0 Å². The van der Waals surface area contributed by atoms with Crippen LogP contribution in [0.5, 0.6) is 0 Å². The molecule has 1 aliphatic rings. The van der Waals surface area contributed by atoms with Crippen molar-refractivity contribution in [2.24, 2.45) is 0 Å². The molecule has 2 aromatic carbocycles. The SMILES string of the molecule is P[S+]1c2ccccc2[SH+]c2ccccc21. The fourth-order valence-corrected chi connectivity index (χ4v) is 6.64. The van der Waals surface area contributed by atoms with Crippen LogP contribution in [0.25, 0.3) is 0 Å². The summed E-state index contributed by atoms with van der Waals surface area (Å²) >= 11 is 1.35. The molecule has 0 aliphatic carbocycles. The largest absolute Gasteiger partial charge is 0.217 e. The number of rotatable bonds is 0. The molecule has 0 spiro atoms. The molecule has 3 rings (SSSR count). The summed E-state index contributed by atoms with van der Waals surface area (Å²) in [4.78, 5) is 5.86. The number of thiol groups is 1. The Hall–Kier alpha value is -0.430. The first-order valence-corrected chi connectivity index (χ1v) is 8.34. The van der Waals surface area contributed by atoms with Gasteiger partial charge in [-0.15, -0.1) is 0 Å². The maximum atomic E-state index is 2.98. The molecule has 0 bridgehead atoms. The minimum absolute atomic E-state index is 0.170. The van der Waals surface area contributed by atoms with Crippen LogP contribution >= 0.6 is 8.44 Å². The zero-order valence-corrected chi connectivity index (χ0v) is 10.9. The normalized spacial score (nSPS) is 14.5. The second kappa shape index (κ2) is 3.86. The Labute approximate surface area is 98.8 Å². The van der Waals surface area contributed by atoms with Gasteiger partial charge in [0.2, 0.25) is 19.6 Å². The summed E-state index contributed by atoms with van der Waals surface area (Å²) < 4.78 is 0. The summed E-state index contributed by atoms with van der Waals surface area (Å²) in [6.07, 6.45) is 0. The third-order valence-electron chi connectivity index (χ3n) is 2.45. The Morgan fingerprint density at radius 1 is 0.800 bits per heavy atom. The van der Waals surface area contributed by atoms with Crippen molar-refractivity contribution in [2.45, 2.75) is 19.6 Å². The third kappa shape index (κ3) is 1.61. The molecule has 0 radical (unpaired) electrons. The Morgan fingerprint density at radius 3 is 1.80 bits per heavy atom. The molecule has 3 heteroatoms. The van der Waals surface area contributed by atoms with Crippen LogP contribution in [0, 0.1) is 0 Å². The van der Waals surface area contributed by atoms with Crippen LogP contribution in [0.1, 0.15) is 0 Å². The first-order chi connectivity index (χ1) is 7.36. The highest BCUT2D eigenvalue weighted by molar-refractivity contribution is 8.41. The molecule has 0 aromatic heterocycles. The number of benzene rings is 2. The first-order valence-electron chi connectivity index (χ1n) is 4.75. The lowest BCUT2D eigenvalue weighted by atomic mass is 10.3. The van der Waals surface area contributed by atoms with E-state index in [0.717, 1.165) is 0 Å². The standard InChI is InChI=1S/C12H10PS2/c13-15-11-7-3-1-5-9(11)14-10-6-2-4-8-12(10)15/h1-8H,13H2/q+1/p+1. The molecule has 0 nitrogen and oxygen atoms in total. The van der Waals surface area contributed by atoms with Crippen LogP contribution in [0.15, 0.2) is 68.1 Å². The first kappa shape index (κ1) is 9.77. The lowest BCUT2D eigenvalue weighted by Crippen LogP contribution is -2.07. The molecule has 15 heavy (non-hydrogen) atoms. The zero-order valence-electron chi connectivity index (χ0n) is 8.05. The second-order valence-corrected chi connectivity index (χ2v) is 7.54. The topological polar surface area (TPSA) is 0 Å². The Balaban J connectivity index is 2.20. The van der Waals surface area contributed by atoms with E-state index in [0.29, 0.717) is 0 Å². The van der Waals surface area contributed by atoms with E-state index < -0.39 is 0 Å². The molecular weight excluding hydrogens is 239 g/mol. The van der Waals surface area contributed by atoms with Gasteiger partial charge in [-0.25, -0.2) is 0 Å². The van der Waals surface area contributed by atoms with Gasteiger partial charge in [0.1, 0.15) is 8.44 Å². The van der Waals surface area contributed by atoms with E-state index in [1.807, 2.05) is 0 Å². The van der Waals surface area contributed by atoms with Crippen molar-refractivity contribution in [3.63, 3.8) is 0 Å². The predicted molar refractivity (Wildman–Crippen MR) is 71.8 cm³/mol. The maximum Gasteiger partial charge on any atom is 0.217 e. The Morgan fingerprint density at radius 2 is 1.27 bits per heavy atom. The van der Waals surface area contributed by atoms with Gasteiger partial charge >= 0.3 is 0 Å². The molecule has 0 amide bonds. The lowest BCUT2D eigenvalue weighted by molar-refractivity contribution is 1.15. The molecule has 1 aliphatic heterocycles. The van der Waals surface area contributed by atoms with Gasteiger partial charge in [0.05, 0.1) is 22.3 Å². The minimum atomic E-state index is 0.170. The Bertz CT molecular complexity index is 465. The van der Waals surface area contributed by atoms with Gasteiger partial charge in [0.15, 0.2) is 0 Å². The highest BCUT2D eigenvalue weighted by Crippen LogP contribution is 2.40. The molecule has 2 aromatic rings. The summed E-state index contributed by atoms with van der Waals surface area (Å²) in [5.41, 5.74) is 0. The summed E-state index contributed by atoms with van der Waals surface area (Å²) in [6.45, 7) is 0. The number of hydrogen-bond donors (Lipinski definition) is 0. The fraction of sp³-hybridized carbons (Fsp3) is 0. The third-order valence-corrected chi connectivity index (χ3v) is 7.19. The van der Waals surface area contributed by atoms with Crippen molar-refractivity contribution in [3.8, 4) is 0 Å². The van der Waals surface area contributed by atoms with Gasteiger partial charge in [0.25, 0.3) is 0 Å². The lowest BCUT2D eigenvalue weighted by Gasteiger charge is -2.09. The van der Waals surface area contributed by atoms with Gasteiger partial charge in [-0.1, -0.05) is 24.3 Å². The maximum absolute atomic E-state index is 2.98. The molecule has 0 N–H and O–H groups in total. The summed E-state index contributed by atoms with van der Waals surface area (Å²) in [5, 5.41) is 0. The molecule has 74 valence electrons. The van der Waals surface area contributed by atoms with Crippen LogP contribution in [-0.4, -0.2) is 0 Å². The van der Waals surface area contributed by atoms with E-state index in [9.17, 15) is 0 Å². The van der Waals surface area contributed by atoms with Crippen LogP contribution in [0.3, 0.4) is 0 Å². The van der Waals surface area contributed by atoms with Crippen molar-refractivity contribution in [3.05, 3.63) is 48.5 Å². The molecule has 0 fully saturated rings. The van der Waals surface area contributed by atoms with E-state index in [2.05, 4.69) is 57.0 Å².